The molecule has 1 radical (unpaired) electrons. The van der Waals surface area contributed by atoms with E-state index in [-0.39, 0.29) is 22.5 Å². The Hall–Kier alpha value is -0.804. The van der Waals surface area contributed by atoms with Crippen LogP contribution in [0.3, 0.4) is 0 Å². The second-order valence-electron chi connectivity index (χ2n) is 1.71. The van der Waals surface area contributed by atoms with Crippen LogP contribution in [0.5, 0.6) is 5.75 Å². The zero-order valence-electron chi connectivity index (χ0n) is 5.08. The fraction of sp³-hybridized carbons (Fsp3) is 0. The zero-order valence-corrected chi connectivity index (χ0v) is 6.12. The molecule has 55 valence electrons. The molecule has 0 heterocycles. The van der Waals surface area contributed by atoms with Crippen molar-refractivity contribution in [3.05, 3.63) is 29.8 Å². The molecule has 0 spiro atoms. The van der Waals surface area contributed by atoms with Gasteiger partial charge in [-0.15, -0.1) is 0 Å². The molecule has 0 aromatic heterocycles. The summed E-state index contributed by atoms with van der Waals surface area (Å²) in [6, 6.07) is 6.19. The summed E-state index contributed by atoms with van der Waals surface area (Å²) in [5.74, 6) is 0.125. The molecule has 0 aliphatic carbocycles. The van der Waals surface area contributed by atoms with Gasteiger partial charge in [0, 0.05) is 22.3 Å². The first-order chi connectivity index (χ1) is 4.33. The van der Waals surface area contributed by atoms with E-state index in [4.69, 9.17) is 5.11 Å². The van der Waals surface area contributed by atoms with Gasteiger partial charge in [0.15, 0.2) is 0 Å². The second-order valence-corrected chi connectivity index (χ2v) is 1.71. The smallest absolute Gasteiger partial charge is 0.150 e. The Labute approximate surface area is 69.1 Å². The molecule has 2 nitrogen and oxygen atoms in total. The van der Waals surface area contributed by atoms with E-state index in [0.29, 0.717) is 11.8 Å². The van der Waals surface area contributed by atoms with Crippen molar-refractivity contribution in [2.24, 2.45) is 0 Å². The predicted molar refractivity (Wildman–Crippen MR) is 33.5 cm³/mol. The standard InChI is InChI=1S/C7H6O2.Co/c8-5-6-2-1-3-7(9)4-6;/h1-5,9H;. The molecular formula is C7H6CoO2. The average Bonchev–Trinajstić information content (AvgIpc) is 1.88. The molecular weight excluding hydrogens is 175 g/mol. The molecule has 0 aliphatic heterocycles. The van der Waals surface area contributed by atoms with Crippen molar-refractivity contribution < 1.29 is 26.7 Å². The van der Waals surface area contributed by atoms with Crippen LogP contribution in [0.1, 0.15) is 10.4 Å². The maximum absolute atomic E-state index is 10.0. The molecule has 0 amide bonds. The van der Waals surface area contributed by atoms with Gasteiger partial charge in [-0.2, -0.15) is 0 Å². The van der Waals surface area contributed by atoms with Crippen molar-refractivity contribution in [3.8, 4) is 5.75 Å². The molecule has 1 N–H and O–H groups in total. The van der Waals surface area contributed by atoms with E-state index in [2.05, 4.69) is 0 Å². The molecule has 1 rings (SSSR count). The first-order valence-electron chi connectivity index (χ1n) is 2.57. The van der Waals surface area contributed by atoms with Gasteiger partial charge in [-0.1, -0.05) is 12.1 Å². The van der Waals surface area contributed by atoms with E-state index in [9.17, 15) is 4.79 Å². The molecule has 1 aromatic rings. The SMILES string of the molecule is O=Cc1cccc(O)c1.[Co]. The van der Waals surface area contributed by atoms with Gasteiger partial charge >= 0.3 is 0 Å². The van der Waals surface area contributed by atoms with Gasteiger partial charge in [-0.05, 0) is 12.1 Å². The van der Waals surface area contributed by atoms with Crippen molar-refractivity contribution in [1.82, 2.24) is 0 Å². The number of hydrogen-bond acceptors (Lipinski definition) is 2. The molecule has 3 heteroatoms. The van der Waals surface area contributed by atoms with Crippen molar-refractivity contribution in [2.75, 3.05) is 0 Å². The maximum Gasteiger partial charge on any atom is 0.150 e. The summed E-state index contributed by atoms with van der Waals surface area (Å²) < 4.78 is 0. The largest absolute Gasteiger partial charge is 0.508 e. The van der Waals surface area contributed by atoms with Crippen molar-refractivity contribution in [2.45, 2.75) is 0 Å². The molecule has 0 atom stereocenters. The Morgan fingerprint density at radius 3 is 2.50 bits per heavy atom. The number of phenolic OH excluding ortho intramolecular Hbond substituents is 1. The number of hydrogen-bond donors (Lipinski definition) is 1. The van der Waals surface area contributed by atoms with E-state index < -0.39 is 0 Å². The number of carbonyl (C=O) groups is 1. The van der Waals surface area contributed by atoms with Crippen LogP contribution >= 0.6 is 0 Å². The van der Waals surface area contributed by atoms with E-state index in [0.717, 1.165) is 0 Å². The fourth-order valence-electron chi connectivity index (χ4n) is 0.598. The van der Waals surface area contributed by atoms with Gasteiger partial charge < -0.3 is 5.11 Å². The minimum atomic E-state index is 0. The second kappa shape index (κ2) is 4.08. The van der Waals surface area contributed by atoms with Crippen LogP contribution in [-0.2, 0) is 16.8 Å². The summed E-state index contributed by atoms with van der Waals surface area (Å²) >= 11 is 0. The number of aldehydes is 1. The summed E-state index contributed by atoms with van der Waals surface area (Å²) in [7, 11) is 0. The Morgan fingerprint density at radius 1 is 1.40 bits per heavy atom. The molecule has 10 heavy (non-hydrogen) atoms. The summed E-state index contributed by atoms with van der Waals surface area (Å²) in [6.45, 7) is 0. The van der Waals surface area contributed by atoms with Crippen LogP contribution in [0.4, 0.5) is 0 Å². The Bertz CT molecular complexity index is 223. The molecule has 0 fully saturated rings. The van der Waals surface area contributed by atoms with E-state index in [1.807, 2.05) is 0 Å². The van der Waals surface area contributed by atoms with Gasteiger partial charge in [0.2, 0.25) is 0 Å². The average molecular weight is 181 g/mol. The molecule has 0 aliphatic rings. The van der Waals surface area contributed by atoms with Crippen LogP contribution < -0.4 is 0 Å². The maximum atomic E-state index is 10.0. The summed E-state index contributed by atoms with van der Waals surface area (Å²) in [5.41, 5.74) is 0.495. The molecule has 0 unspecified atom stereocenters. The number of rotatable bonds is 1. The van der Waals surface area contributed by atoms with E-state index in [1.165, 1.54) is 12.1 Å². The topological polar surface area (TPSA) is 37.3 Å². The number of benzene rings is 1. The van der Waals surface area contributed by atoms with Crippen molar-refractivity contribution in [1.29, 1.82) is 0 Å². The predicted octanol–water partition coefficient (Wildman–Crippen LogP) is 1.20. The van der Waals surface area contributed by atoms with Crippen LogP contribution in [0, 0.1) is 0 Å². The third kappa shape index (κ3) is 2.20. The minimum absolute atomic E-state index is 0. The number of phenols is 1. The van der Waals surface area contributed by atoms with Crippen LogP contribution in [-0.4, -0.2) is 11.4 Å². The van der Waals surface area contributed by atoms with Crippen molar-refractivity contribution in [3.63, 3.8) is 0 Å². The number of carbonyl (C=O) groups excluding carboxylic acids is 1. The monoisotopic (exact) mass is 181 g/mol. The normalized spacial score (nSPS) is 8.00. The van der Waals surface area contributed by atoms with Crippen LogP contribution in [0.25, 0.3) is 0 Å². The number of aromatic hydroxyl groups is 1. The van der Waals surface area contributed by atoms with Crippen LogP contribution in [0.2, 0.25) is 0 Å². The van der Waals surface area contributed by atoms with Gasteiger partial charge in [0.25, 0.3) is 0 Å². The van der Waals surface area contributed by atoms with Crippen molar-refractivity contribution >= 4 is 6.29 Å². The van der Waals surface area contributed by atoms with Gasteiger partial charge in [0.1, 0.15) is 12.0 Å². The quantitative estimate of drug-likeness (QED) is 0.661. The van der Waals surface area contributed by atoms with E-state index in [1.54, 1.807) is 12.1 Å². The summed E-state index contributed by atoms with van der Waals surface area (Å²) in [6.07, 6.45) is 0.694. The Kier molecular flexibility index (Phi) is 3.75. The summed E-state index contributed by atoms with van der Waals surface area (Å²) in [5, 5.41) is 8.79. The molecule has 0 saturated carbocycles. The van der Waals surface area contributed by atoms with Gasteiger partial charge in [-0.3, -0.25) is 4.79 Å². The Morgan fingerprint density at radius 2 is 2.10 bits per heavy atom. The first kappa shape index (κ1) is 9.20. The minimum Gasteiger partial charge on any atom is -0.508 e. The first-order valence-corrected chi connectivity index (χ1v) is 2.57. The fourth-order valence-corrected chi connectivity index (χ4v) is 0.598. The third-order valence-electron chi connectivity index (χ3n) is 1.01. The van der Waals surface area contributed by atoms with Gasteiger partial charge in [-0.25, -0.2) is 0 Å². The summed E-state index contributed by atoms with van der Waals surface area (Å²) in [4.78, 5) is 10.0. The van der Waals surface area contributed by atoms with E-state index >= 15 is 0 Å². The van der Waals surface area contributed by atoms with Gasteiger partial charge in [0.05, 0.1) is 0 Å². The molecule has 0 bridgehead atoms. The third-order valence-corrected chi connectivity index (χ3v) is 1.01. The van der Waals surface area contributed by atoms with Crippen LogP contribution in [0.15, 0.2) is 24.3 Å². The Balaban J connectivity index is 0.000000810. The zero-order chi connectivity index (χ0) is 6.69. The molecule has 1 aromatic carbocycles. The molecule has 0 saturated heterocycles.